The highest BCUT2D eigenvalue weighted by Gasteiger charge is 2.11. The molecule has 1 aliphatic heterocycles. The van der Waals surface area contributed by atoms with Gasteiger partial charge in [0.25, 0.3) is 0 Å². The molecule has 128 valence electrons. The van der Waals surface area contributed by atoms with Crippen molar-refractivity contribution < 1.29 is 8.78 Å². The largest absolute Gasteiger partial charge is 0.370 e. The fraction of sp³-hybridized carbons (Fsp3) is 0.211. The fourth-order valence-corrected chi connectivity index (χ4v) is 3.87. The van der Waals surface area contributed by atoms with Crippen LogP contribution in [0.5, 0.6) is 0 Å². The molecule has 0 bridgehead atoms. The molecule has 1 saturated heterocycles. The highest BCUT2D eigenvalue weighted by atomic mass is 32.2. The van der Waals surface area contributed by atoms with E-state index < -0.39 is 11.6 Å². The van der Waals surface area contributed by atoms with Crippen molar-refractivity contribution >= 4 is 17.4 Å². The van der Waals surface area contributed by atoms with Crippen molar-refractivity contribution in [3.8, 4) is 16.8 Å². The van der Waals surface area contributed by atoms with Crippen LogP contribution in [-0.2, 0) is 0 Å². The van der Waals surface area contributed by atoms with Crippen molar-refractivity contribution in [3.63, 3.8) is 0 Å². The zero-order chi connectivity index (χ0) is 17.2. The van der Waals surface area contributed by atoms with Crippen molar-refractivity contribution in [1.29, 1.82) is 0 Å². The van der Waals surface area contributed by atoms with Gasteiger partial charge < -0.3 is 4.90 Å². The molecule has 6 heteroatoms. The van der Waals surface area contributed by atoms with Gasteiger partial charge in [-0.3, -0.25) is 0 Å². The van der Waals surface area contributed by atoms with E-state index in [2.05, 4.69) is 34.3 Å². The van der Waals surface area contributed by atoms with Crippen LogP contribution in [0.15, 0.2) is 54.9 Å². The second kappa shape index (κ2) is 6.88. The van der Waals surface area contributed by atoms with E-state index in [1.54, 1.807) is 12.4 Å². The van der Waals surface area contributed by atoms with Gasteiger partial charge >= 0.3 is 0 Å². The van der Waals surface area contributed by atoms with Gasteiger partial charge in [-0.1, -0.05) is 12.1 Å². The first-order valence-electron chi connectivity index (χ1n) is 8.13. The van der Waals surface area contributed by atoms with Gasteiger partial charge in [0.1, 0.15) is 11.6 Å². The SMILES string of the molecule is Fc1cc(F)cc(-n2cc(-c3ccc(N4CCSCC4)cc3)cn2)c1. The molecule has 0 radical (unpaired) electrons. The first-order chi connectivity index (χ1) is 12.2. The molecule has 0 spiro atoms. The lowest BCUT2D eigenvalue weighted by Gasteiger charge is -2.28. The number of thioether (sulfide) groups is 1. The first-order valence-corrected chi connectivity index (χ1v) is 9.29. The summed E-state index contributed by atoms with van der Waals surface area (Å²) < 4.78 is 28.2. The predicted molar refractivity (Wildman–Crippen MR) is 98.5 cm³/mol. The summed E-state index contributed by atoms with van der Waals surface area (Å²) in [4.78, 5) is 2.39. The molecule has 0 aliphatic carbocycles. The number of halogens is 2. The summed E-state index contributed by atoms with van der Waals surface area (Å²) in [6.45, 7) is 2.15. The summed E-state index contributed by atoms with van der Waals surface area (Å²) in [7, 11) is 0. The lowest BCUT2D eigenvalue weighted by Crippen LogP contribution is -2.32. The Hall–Kier alpha value is -2.34. The van der Waals surface area contributed by atoms with Gasteiger partial charge in [-0.05, 0) is 29.8 Å². The van der Waals surface area contributed by atoms with Crippen LogP contribution in [-0.4, -0.2) is 34.4 Å². The molecule has 3 aromatic rings. The minimum Gasteiger partial charge on any atom is -0.370 e. The second-order valence-corrected chi connectivity index (χ2v) is 7.17. The van der Waals surface area contributed by atoms with Crippen LogP contribution in [0.1, 0.15) is 0 Å². The van der Waals surface area contributed by atoms with Gasteiger partial charge in [-0.25, -0.2) is 13.5 Å². The molecule has 0 N–H and O–H groups in total. The van der Waals surface area contributed by atoms with Gasteiger partial charge in [0.2, 0.25) is 0 Å². The zero-order valence-electron chi connectivity index (χ0n) is 13.5. The predicted octanol–water partition coefficient (Wildman–Crippen LogP) is 4.37. The number of aromatic nitrogens is 2. The minimum atomic E-state index is -0.615. The smallest absolute Gasteiger partial charge is 0.128 e. The monoisotopic (exact) mass is 357 g/mol. The summed E-state index contributed by atoms with van der Waals surface area (Å²) in [5, 5.41) is 4.23. The van der Waals surface area contributed by atoms with Gasteiger partial charge in [0.05, 0.1) is 11.9 Å². The van der Waals surface area contributed by atoms with Crippen LogP contribution in [0.4, 0.5) is 14.5 Å². The van der Waals surface area contributed by atoms with E-state index in [1.807, 2.05) is 11.8 Å². The highest BCUT2D eigenvalue weighted by molar-refractivity contribution is 7.99. The summed E-state index contributed by atoms with van der Waals surface area (Å²) in [5.41, 5.74) is 3.53. The van der Waals surface area contributed by atoms with Crippen molar-refractivity contribution in [1.82, 2.24) is 9.78 Å². The van der Waals surface area contributed by atoms with Gasteiger partial charge in [-0.15, -0.1) is 0 Å². The molecule has 4 rings (SSSR count). The quantitative estimate of drug-likeness (QED) is 0.694. The topological polar surface area (TPSA) is 21.1 Å². The standard InChI is InChI=1S/C19H17F2N3S/c20-16-9-17(21)11-19(10-16)24-13-15(12-22-24)14-1-3-18(4-2-14)23-5-7-25-8-6-23/h1-4,9-13H,5-8H2. The Bertz CT molecular complexity index is 850. The van der Waals surface area contributed by atoms with Crippen molar-refractivity contribution in [2.75, 3.05) is 29.5 Å². The second-order valence-electron chi connectivity index (χ2n) is 5.95. The van der Waals surface area contributed by atoms with Crippen LogP contribution < -0.4 is 4.90 Å². The van der Waals surface area contributed by atoms with E-state index in [0.717, 1.165) is 30.3 Å². The molecule has 2 aromatic carbocycles. The van der Waals surface area contributed by atoms with Crippen LogP contribution in [0, 0.1) is 11.6 Å². The lowest BCUT2D eigenvalue weighted by atomic mass is 10.1. The van der Waals surface area contributed by atoms with Crippen LogP contribution >= 0.6 is 11.8 Å². The zero-order valence-corrected chi connectivity index (χ0v) is 14.3. The van der Waals surface area contributed by atoms with Crippen molar-refractivity contribution in [3.05, 3.63) is 66.5 Å². The summed E-state index contributed by atoms with van der Waals surface area (Å²) >= 11 is 1.99. The van der Waals surface area contributed by atoms with E-state index in [9.17, 15) is 8.78 Å². The Morgan fingerprint density at radius 1 is 0.840 bits per heavy atom. The fourth-order valence-electron chi connectivity index (χ4n) is 2.97. The van der Waals surface area contributed by atoms with Gasteiger partial charge in [-0.2, -0.15) is 16.9 Å². The summed E-state index contributed by atoms with van der Waals surface area (Å²) in [6.07, 6.45) is 3.48. The molecule has 0 amide bonds. The molecule has 1 fully saturated rings. The van der Waals surface area contributed by atoms with Gasteiger partial charge in [0, 0.05) is 48.1 Å². The molecular weight excluding hydrogens is 340 g/mol. The number of nitrogens with zero attached hydrogens (tertiary/aromatic N) is 3. The molecule has 1 aromatic heterocycles. The third kappa shape index (κ3) is 3.54. The Morgan fingerprint density at radius 2 is 1.52 bits per heavy atom. The van der Waals surface area contributed by atoms with Crippen molar-refractivity contribution in [2.24, 2.45) is 0 Å². The molecule has 0 unspecified atom stereocenters. The maximum atomic E-state index is 13.4. The maximum absolute atomic E-state index is 13.4. The average molecular weight is 357 g/mol. The van der Waals surface area contributed by atoms with Crippen LogP contribution in [0.25, 0.3) is 16.8 Å². The maximum Gasteiger partial charge on any atom is 0.128 e. The molecular formula is C19H17F2N3S. The van der Waals surface area contributed by atoms with Crippen LogP contribution in [0.2, 0.25) is 0 Å². The lowest BCUT2D eigenvalue weighted by molar-refractivity contribution is 0.580. The number of rotatable bonds is 3. The number of benzene rings is 2. The number of hydrogen-bond acceptors (Lipinski definition) is 3. The Balaban J connectivity index is 1.57. The summed E-state index contributed by atoms with van der Waals surface area (Å²) in [6, 6.07) is 11.7. The highest BCUT2D eigenvalue weighted by Crippen LogP contribution is 2.25. The molecule has 25 heavy (non-hydrogen) atoms. The minimum absolute atomic E-state index is 0.367. The first kappa shape index (κ1) is 16.1. The average Bonchev–Trinajstić information content (AvgIpc) is 3.12. The molecule has 3 nitrogen and oxygen atoms in total. The van der Waals surface area contributed by atoms with E-state index >= 15 is 0 Å². The third-order valence-corrected chi connectivity index (χ3v) is 5.21. The Kier molecular flexibility index (Phi) is 4.44. The van der Waals surface area contributed by atoms with Crippen molar-refractivity contribution in [2.45, 2.75) is 0 Å². The van der Waals surface area contributed by atoms with E-state index in [1.165, 1.54) is 34.0 Å². The Morgan fingerprint density at radius 3 is 2.20 bits per heavy atom. The Labute approximate surface area is 149 Å². The van der Waals surface area contributed by atoms with Crippen LogP contribution in [0.3, 0.4) is 0 Å². The van der Waals surface area contributed by atoms with E-state index in [-0.39, 0.29) is 0 Å². The summed E-state index contributed by atoms with van der Waals surface area (Å²) in [5.74, 6) is 1.10. The molecule has 1 aliphatic rings. The molecule has 0 saturated carbocycles. The third-order valence-electron chi connectivity index (χ3n) is 4.27. The number of hydrogen-bond donors (Lipinski definition) is 0. The van der Waals surface area contributed by atoms with E-state index in [0.29, 0.717) is 5.69 Å². The molecule has 0 atom stereocenters. The normalized spacial score (nSPS) is 14.7. The molecule has 2 heterocycles. The number of anilines is 1. The van der Waals surface area contributed by atoms with E-state index in [4.69, 9.17) is 0 Å². The van der Waals surface area contributed by atoms with Gasteiger partial charge in [0.15, 0.2) is 0 Å².